The second-order valence-corrected chi connectivity index (χ2v) is 8.08. The number of carboxylic acids is 1. The van der Waals surface area contributed by atoms with Crippen LogP contribution in [0.15, 0.2) is 42.5 Å². The number of morpholine rings is 1. The maximum Gasteiger partial charge on any atom is 0.490 e. The normalized spacial score (nSPS) is 17.6. The van der Waals surface area contributed by atoms with Gasteiger partial charge in [-0.2, -0.15) is 13.2 Å². The van der Waals surface area contributed by atoms with Gasteiger partial charge in [0.05, 0.1) is 25.5 Å². The molecule has 2 heterocycles. The van der Waals surface area contributed by atoms with Crippen molar-refractivity contribution in [1.29, 1.82) is 0 Å². The fourth-order valence-electron chi connectivity index (χ4n) is 3.60. The van der Waals surface area contributed by atoms with Gasteiger partial charge >= 0.3 is 18.2 Å². The quantitative estimate of drug-likeness (QED) is 0.455. The highest BCUT2D eigenvalue weighted by Gasteiger charge is 2.38. The number of benzene rings is 2. The maximum atomic E-state index is 12.7. The van der Waals surface area contributed by atoms with Crippen molar-refractivity contribution >= 4 is 35.2 Å². The molecule has 2 aromatic rings. The first-order valence-electron chi connectivity index (χ1n) is 11.3. The van der Waals surface area contributed by atoms with E-state index in [0.29, 0.717) is 29.3 Å². The highest BCUT2D eigenvalue weighted by molar-refractivity contribution is 6.08. The Morgan fingerprint density at radius 1 is 1.16 bits per heavy atom. The van der Waals surface area contributed by atoms with Gasteiger partial charge in [-0.25, -0.2) is 9.59 Å². The first-order valence-corrected chi connectivity index (χ1v) is 11.3. The molecular weight excluding hydrogens is 513 g/mol. The zero-order valence-corrected chi connectivity index (χ0v) is 20.1. The molecule has 14 heteroatoms. The summed E-state index contributed by atoms with van der Waals surface area (Å²) in [6.07, 6.45) is -4.87. The van der Waals surface area contributed by atoms with E-state index in [9.17, 15) is 27.6 Å². The number of halogens is 3. The van der Waals surface area contributed by atoms with Crippen molar-refractivity contribution in [3.63, 3.8) is 0 Å². The number of ether oxygens (including phenoxy) is 2. The number of hydrogen-bond acceptors (Lipinski definition) is 7. The van der Waals surface area contributed by atoms with Gasteiger partial charge in [-0.15, -0.1) is 0 Å². The molecule has 0 spiro atoms. The second-order valence-electron chi connectivity index (χ2n) is 8.08. The number of aliphatic carboxylic acids is 1. The number of urea groups is 1. The lowest BCUT2D eigenvalue weighted by Gasteiger charge is -2.28. The Labute approximate surface area is 214 Å². The van der Waals surface area contributed by atoms with Crippen molar-refractivity contribution in [2.75, 3.05) is 43.6 Å². The number of carboxylic acid groups (broad SMARTS) is 1. The molecule has 2 aliphatic heterocycles. The van der Waals surface area contributed by atoms with E-state index in [1.54, 1.807) is 18.2 Å². The molecule has 2 fully saturated rings. The van der Waals surface area contributed by atoms with E-state index in [1.165, 1.54) is 12.0 Å². The van der Waals surface area contributed by atoms with Crippen molar-refractivity contribution in [3.05, 3.63) is 53.6 Å². The van der Waals surface area contributed by atoms with E-state index < -0.39 is 18.2 Å². The lowest BCUT2D eigenvalue weighted by Crippen LogP contribution is -2.49. The summed E-state index contributed by atoms with van der Waals surface area (Å²) in [5, 5.41) is 15.6. The molecule has 38 heavy (non-hydrogen) atoms. The third kappa shape index (κ3) is 7.43. The predicted molar refractivity (Wildman–Crippen MR) is 128 cm³/mol. The van der Waals surface area contributed by atoms with Gasteiger partial charge in [0.1, 0.15) is 5.75 Å². The highest BCUT2D eigenvalue weighted by Crippen LogP contribution is 2.31. The topological polar surface area (TPSA) is 146 Å². The molecule has 4 amide bonds. The Kier molecular flexibility index (Phi) is 9.25. The lowest BCUT2D eigenvalue weighted by atomic mass is 10.1. The van der Waals surface area contributed by atoms with Gasteiger partial charge in [-0.3, -0.25) is 19.8 Å². The van der Waals surface area contributed by atoms with Crippen molar-refractivity contribution in [1.82, 2.24) is 10.6 Å². The average molecular weight is 538 g/mol. The molecular formula is C24H25F3N4O7. The van der Waals surface area contributed by atoms with Crippen LogP contribution >= 0.6 is 0 Å². The van der Waals surface area contributed by atoms with E-state index in [0.717, 1.165) is 18.7 Å². The Bertz CT molecular complexity index is 1180. The molecule has 0 radical (unpaired) electrons. The van der Waals surface area contributed by atoms with Crippen LogP contribution in [0.2, 0.25) is 0 Å². The largest absolute Gasteiger partial charge is 0.495 e. The Morgan fingerprint density at radius 3 is 2.39 bits per heavy atom. The molecule has 0 aliphatic carbocycles. The smallest absolute Gasteiger partial charge is 0.490 e. The van der Waals surface area contributed by atoms with Crippen LogP contribution in [0, 0.1) is 0 Å². The Hall–Kier alpha value is -4.17. The van der Waals surface area contributed by atoms with Gasteiger partial charge < -0.3 is 25.2 Å². The fourth-order valence-corrected chi connectivity index (χ4v) is 3.60. The van der Waals surface area contributed by atoms with Crippen LogP contribution in [0.5, 0.6) is 5.75 Å². The SMILES string of the molecule is COc1cc(C(=O)Nc2ccc(C3CNCCO3)cc2)ccc1N1CCC(=O)NC1=O.O=C(O)C(F)(F)F. The summed E-state index contributed by atoms with van der Waals surface area (Å²) in [6.45, 7) is 2.55. The summed E-state index contributed by atoms with van der Waals surface area (Å²) in [5.41, 5.74) is 2.59. The van der Waals surface area contributed by atoms with Crippen LogP contribution in [0.25, 0.3) is 0 Å². The van der Waals surface area contributed by atoms with Crippen molar-refractivity contribution in [3.8, 4) is 5.75 Å². The number of methoxy groups -OCH3 is 1. The molecule has 204 valence electrons. The summed E-state index contributed by atoms with van der Waals surface area (Å²) in [5.74, 6) is -3.00. The number of alkyl halides is 3. The van der Waals surface area contributed by atoms with E-state index >= 15 is 0 Å². The summed E-state index contributed by atoms with van der Waals surface area (Å²) in [4.78, 5) is 46.5. The number of carbonyl (C=O) groups is 4. The highest BCUT2D eigenvalue weighted by atomic mass is 19.4. The molecule has 11 nitrogen and oxygen atoms in total. The van der Waals surface area contributed by atoms with Gasteiger partial charge in [-0.05, 0) is 35.9 Å². The Balaban J connectivity index is 0.000000505. The number of rotatable bonds is 5. The number of anilines is 2. The molecule has 4 rings (SSSR count). The minimum absolute atomic E-state index is 0.0117. The number of hydrogen-bond donors (Lipinski definition) is 4. The van der Waals surface area contributed by atoms with Crippen molar-refractivity contribution in [2.45, 2.75) is 18.7 Å². The van der Waals surface area contributed by atoms with Crippen molar-refractivity contribution in [2.24, 2.45) is 0 Å². The van der Waals surface area contributed by atoms with Gasteiger partial charge in [0.2, 0.25) is 5.91 Å². The average Bonchev–Trinajstić information content (AvgIpc) is 2.89. The Morgan fingerprint density at radius 2 is 1.84 bits per heavy atom. The molecule has 0 aromatic heterocycles. The summed E-state index contributed by atoms with van der Waals surface area (Å²) in [6, 6.07) is 11.9. The maximum absolute atomic E-state index is 12.7. The number of nitrogens with zero attached hydrogens (tertiary/aromatic N) is 1. The van der Waals surface area contributed by atoms with E-state index in [1.807, 2.05) is 24.3 Å². The van der Waals surface area contributed by atoms with Crippen LogP contribution in [0.4, 0.5) is 29.3 Å². The third-order valence-electron chi connectivity index (χ3n) is 5.50. The molecule has 2 aliphatic rings. The minimum atomic E-state index is -5.08. The standard InChI is InChI=1S/C22H24N4O5.C2HF3O2/c1-30-18-12-15(4-7-17(18)26-10-8-20(27)25-22(26)29)21(28)24-16-5-2-14(3-6-16)19-13-23-9-11-31-19;3-2(4,5)1(6)7/h2-7,12,19,23H,8-11,13H2,1H3,(H,24,28)(H,25,27,29);(H,6,7). The van der Waals surface area contributed by atoms with E-state index in [4.69, 9.17) is 19.4 Å². The van der Waals surface area contributed by atoms with Gasteiger partial charge in [-0.1, -0.05) is 12.1 Å². The second kappa shape index (κ2) is 12.4. The zero-order chi connectivity index (χ0) is 27.9. The van der Waals surface area contributed by atoms with Crippen LogP contribution in [0.1, 0.15) is 28.4 Å². The van der Waals surface area contributed by atoms with Gasteiger partial charge in [0, 0.05) is 37.3 Å². The van der Waals surface area contributed by atoms with Crippen LogP contribution in [-0.2, 0) is 14.3 Å². The molecule has 2 aromatic carbocycles. The predicted octanol–water partition coefficient (Wildman–Crippen LogP) is 2.69. The van der Waals surface area contributed by atoms with E-state index in [-0.39, 0.29) is 30.9 Å². The monoisotopic (exact) mass is 538 g/mol. The number of nitrogens with one attached hydrogen (secondary N) is 3. The van der Waals surface area contributed by atoms with E-state index in [2.05, 4.69) is 16.0 Å². The zero-order valence-electron chi connectivity index (χ0n) is 20.1. The first-order chi connectivity index (χ1) is 18.0. The first kappa shape index (κ1) is 28.4. The molecule has 0 saturated carbocycles. The molecule has 0 bridgehead atoms. The molecule has 1 atom stereocenters. The van der Waals surface area contributed by atoms with Crippen LogP contribution in [-0.4, -0.2) is 68.4 Å². The lowest BCUT2D eigenvalue weighted by molar-refractivity contribution is -0.192. The molecule has 1 unspecified atom stereocenters. The summed E-state index contributed by atoms with van der Waals surface area (Å²) in [7, 11) is 1.47. The third-order valence-corrected chi connectivity index (χ3v) is 5.50. The fraction of sp³-hybridized carbons (Fsp3) is 0.333. The van der Waals surface area contributed by atoms with Gasteiger partial charge in [0.15, 0.2) is 0 Å². The summed E-state index contributed by atoms with van der Waals surface area (Å²) < 4.78 is 42.9. The van der Waals surface area contributed by atoms with Crippen LogP contribution < -0.4 is 25.6 Å². The minimum Gasteiger partial charge on any atom is -0.495 e. The molecule has 2 saturated heterocycles. The summed E-state index contributed by atoms with van der Waals surface area (Å²) >= 11 is 0. The van der Waals surface area contributed by atoms with Gasteiger partial charge in [0.25, 0.3) is 5.91 Å². The number of amides is 4. The number of imide groups is 1. The van der Waals surface area contributed by atoms with Crippen molar-refractivity contribution < 1.29 is 46.9 Å². The molecule has 4 N–H and O–H groups in total. The number of carbonyl (C=O) groups excluding carboxylic acids is 3. The van der Waals surface area contributed by atoms with Crippen LogP contribution in [0.3, 0.4) is 0 Å².